The van der Waals surface area contributed by atoms with Gasteiger partial charge in [0, 0.05) is 11.3 Å². The summed E-state index contributed by atoms with van der Waals surface area (Å²) in [6, 6.07) is 27.2. The fourth-order valence-electron chi connectivity index (χ4n) is 4.37. The summed E-state index contributed by atoms with van der Waals surface area (Å²) in [5.74, 6) is -0.334. The second-order valence-corrected chi connectivity index (χ2v) is 10.1. The van der Waals surface area contributed by atoms with Crippen LogP contribution in [0.1, 0.15) is 22.3 Å². The molecule has 1 saturated heterocycles. The number of carbonyl (C=O) groups excluding carboxylic acids is 3. The van der Waals surface area contributed by atoms with Gasteiger partial charge in [0.2, 0.25) is 5.91 Å². The van der Waals surface area contributed by atoms with Gasteiger partial charge in [0.25, 0.3) is 11.1 Å². The quantitative estimate of drug-likeness (QED) is 0.273. The van der Waals surface area contributed by atoms with Crippen molar-refractivity contribution in [3.8, 4) is 5.75 Å². The maximum absolute atomic E-state index is 13.1. The molecular formula is C31H26N2O4S. The van der Waals surface area contributed by atoms with Gasteiger partial charge >= 0.3 is 0 Å². The van der Waals surface area contributed by atoms with Gasteiger partial charge in [0.15, 0.2) is 0 Å². The van der Waals surface area contributed by atoms with Crippen LogP contribution in [0.3, 0.4) is 0 Å². The van der Waals surface area contributed by atoms with E-state index < -0.39 is 17.1 Å². The van der Waals surface area contributed by atoms with Gasteiger partial charge in [-0.3, -0.25) is 19.3 Å². The zero-order valence-electron chi connectivity index (χ0n) is 21.1. The Hall–Kier alpha value is -4.36. The number of nitrogens with zero attached hydrogens (tertiary/aromatic N) is 1. The lowest BCUT2D eigenvalue weighted by atomic mass is 10.1. The number of hydrogen-bond acceptors (Lipinski definition) is 5. The van der Waals surface area contributed by atoms with Crippen LogP contribution < -0.4 is 10.1 Å². The van der Waals surface area contributed by atoms with Gasteiger partial charge in [0.05, 0.1) is 4.91 Å². The summed E-state index contributed by atoms with van der Waals surface area (Å²) in [7, 11) is 0. The number of amides is 3. The van der Waals surface area contributed by atoms with Crippen molar-refractivity contribution < 1.29 is 19.1 Å². The minimum atomic E-state index is -0.500. The first kappa shape index (κ1) is 25.3. The summed E-state index contributed by atoms with van der Waals surface area (Å²) < 4.78 is 6.15. The van der Waals surface area contributed by atoms with Crippen molar-refractivity contribution in [3.05, 3.63) is 112 Å². The Morgan fingerprint density at radius 3 is 2.55 bits per heavy atom. The number of thioether (sulfide) groups is 1. The summed E-state index contributed by atoms with van der Waals surface area (Å²) in [4.78, 5) is 39.5. The van der Waals surface area contributed by atoms with Gasteiger partial charge in [0.1, 0.15) is 18.9 Å². The third-order valence-corrected chi connectivity index (χ3v) is 7.21. The lowest BCUT2D eigenvalue weighted by Crippen LogP contribution is -2.36. The first-order valence-corrected chi connectivity index (χ1v) is 13.0. The van der Waals surface area contributed by atoms with E-state index in [9.17, 15) is 14.4 Å². The molecule has 0 aromatic heterocycles. The molecule has 7 heteroatoms. The number of benzene rings is 4. The van der Waals surface area contributed by atoms with Crippen molar-refractivity contribution in [2.45, 2.75) is 20.5 Å². The van der Waals surface area contributed by atoms with Crippen molar-refractivity contribution >= 4 is 51.4 Å². The molecule has 0 atom stereocenters. The van der Waals surface area contributed by atoms with Crippen LogP contribution in [0.5, 0.6) is 5.75 Å². The lowest BCUT2D eigenvalue weighted by Gasteiger charge is -2.14. The van der Waals surface area contributed by atoms with E-state index in [4.69, 9.17) is 4.74 Å². The molecule has 1 N–H and O–H groups in total. The molecule has 190 valence electrons. The molecule has 1 aliphatic heterocycles. The Morgan fingerprint density at radius 2 is 1.71 bits per heavy atom. The van der Waals surface area contributed by atoms with E-state index in [0.29, 0.717) is 23.6 Å². The molecule has 1 heterocycles. The van der Waals surface area contributed by atoms with E-state index >= 15 is 0 Å². The molecule has 4 aromatic rings. The standard InChI is InChI=1S/C31H26N2O4S/c1-20-14-15-26(21(2)16-20)32-29(34)18-33-30(35)28(38-31(33)36)17-23-9-4-6-13-27(23)37-19-24-11-7-10-22-8-3-5-12-25(22)24/h3-17H,18-19H2,1-2H3,(H,32,34)/b28-17-. The SMILES string of the molecule is Cc1ccc(NC(=O)CN2C(=O)S/C(=C\c3ccccc3OCc3cccc4ccccc34)C2=O)c(C)c1. The van der Waals surface area contributed by atoms with Crippen LogP contribution in [0.2, 0.25) is 0 Å². The first-order chi connectivity index (χ1) is 18.4. The lowest BCUT2D eigenvalue weighted by molar-refractivity contribution is -0.127. The van der Waals surface area contributed by atoms with Gasteiger partial charge in [-0.2, -0.15) is 0 Å². The second kappa shape index (κ2) is 10.9. The van der Waals surface area contributed by atoms with Gasteiger partial charge in [-0.15, -0.1) is 0 Å². The van der Waals surface area contributed by atoms with E-state index in [1.54, 1.807) is 6.08 Å². The molecule has 4 aromatic carbocycles. The summed E-state index contributed by atoms with van der Waals surface area (Å²) in [5, 5.41) is 4.56. The monoisotopic (exact) mass is 522 g/mol. The molecule has 0 spiro atoms. The summed E-state index contributed by atoms with van der Waals surface area (Å²) >= 11 is 0.818. The Balaban J connectivity index is 1.30. The Kier molecular flexibility index (Phi) is 7.29. The van der Waals surface area contributed by atoms with Gasteiger partial charge < -0.3 is 10.1 Å². The minimum absolute atomic E-state index is 0.246. The third kappa shape index (κ3) is 5.48. The number of rotatable bonds is 7. The molecule has 1 fully saturated rings. The molecule has 0 bridgehead atoms. The molecule has 1 aliphatic rings. The van der Waals surface area contributed by atoms with E-state index in [-0.39, 0.29) is 11.4 Å². The van der Waals surface area contributed by atoms with Crippen LogP contribution in [-0.4, -0.2) is 28.5 Å². The zero-order valence-corrected chi connectivity index (χ0v) is 21.9. The molecule has 5 rings (SSSR count). The molecule has 0 aliphatic carbocycles. The van der Waals surface area contributed by atoms with Gasteiger partial charge in [-0.1, -0.05) is 78.4 Å². The average molecular weight is 523 g/mol. The summed E-state index contributed by atoms with van der Waals surface area (Å²) in [6.07, 6.45) is 1.64. The van der Waals surface area contributed by atoms with Crippen molar-refractivity contribution in [2.75, 3.05) is 11.9 Å². The minimum Gasteiger partial charge on any atom is -0.488 e. The highest BCUT2D eigenvalue weighted by molar-refractivity contribution is 8.18. The van der Waals surface area contributed by atoms with Crippen LogP contribution in [0.15, 0.2) is 89.8 Å². The predicted octanol–water partition coefficient (Wildman–Crippen LogP) is 6.71. The maximum atomic E-state index is 13.1. The van der Waals surface area contributed by atoms with E-state index in [1.807, 2.05) is 80.6 Å². The summed E-state index contributed by atoms with van der Waals surface area (Å²) in [6.45, 7) is 3.87. The van der Waals surface area contributed by atoms with Crippen LogP contribution in [0, 0.1) is 13.8 Å². The number of para-hydroxylation sites is 1. The second-order valence-electron chi connectivity index (χ2n) is 9.10. The Morgan fingerprint density at radius 1 is 0.947 bits per heavy atom. The maximum Gasteiger partial charge on any atom is 0.294 e. The largest absolute Gasteiger partial charge is 0.488 e. The number of aryl methyl sites for hydroxylation is 2. The molecule has 6 nitrogen and oxygen atoms in total. The normalized spacial score (nSPS) is 14.4. The van der Waals surface area contributed by atoms with E-state index in [2.05, 4.69) is 23.5 Å². The molecule has 38 heavy (non-hydrogen) atoms. The Labute approximate surface area is 225 Å². The van der Waals surface area contributed by atoms with E-state index in [0.717, 1.165) is 44.1 Å². The van der Waals surface area contributed by atoms with Gasteiger partial charge in [-0.25, -0.2) is 0 Å². The molecular weight excluding hydrogens is 496 g/mol. The van der Waals surface area contributed by atoms with Gasteiger partial charge in [-0.05, 0) is 65.7 Å². The predicted molar refractivity (Wildman–Crippen MR) is 152 cm³/mol. The number of carbonyl (C=O) groups is 3. The average Bonchev–Trinajstić information content (AvgIpc) is 3.17. The topological polar surface area (TPSA) is 75.7 Å². The van der Waals surface area contributed by atoms with Crippen molar-refractivity contribution in [2.24, 2.45) is 0 Å². The smallest absolute Gasteiger partial charge is 0.294 e. The molecule has 3 amide bonds. The third-order valence-electron chi connectivity index (χ3n) is 6.30. The number of hydrogen-bond donors (Lipinski definition) is 1. The van der Waals surface area contributed by atoms with Crippen molar-refractivity contribution in [1.82, 2.24) is 4.90 Å². The van der Waals surface area contributed by atoms with Crippen molar-refractivity contribution in [1.29, 1.82) is 0 Å². The highest BCUT2D eigenvalue weighted by atomic mass is 32.2. The number of imide groups is 1. The highest BCUT2D eigenvalue weighted by Crippen LogP contribution is 2.34. The number of nitrogens with one attached hydrogen (secondary N) is 1. The van der Waals surface area contributed by atoms with Crippen LogP contribution in [-0.2, 0) is 16.2 Å². The number of ether oxygens (including phenoxy) is 1. The summed E-state index contributed by atoms with van der Waals surface area (Å²) in [5.41, 5.74) is 4.37. The van der Waals surface area contributed by atoms with Crippen LogP contribution in [0.4, 0.5) is 10.5 Å². The fourth-order valence-corrected chi connectivity index (χ4v) is 5.20. The Bertz CT molecular complexity index is 1590. The number of anilines is 1. The van der Waals surface area contributed by atoms with Crippen LogP contribution in [0.25, 0.3) is 16.8 Å². The van der Waals surface area contributed by atoms with Crippen LogP contribution >= 0.6 is 11.8 Å². The molecule has 0 saturated carbocycles. The fraction of sp³-hybridized carbons (Fsp3) is 0.129. The zero-order chi connectivity index (χ0) is 26.6. The van der Waals surface area contributed by atoms with E-state index in [1.165, 1.54) is 0 Å². The molecule has 0 radical (unpaired) electrons. The number of fused-ring (bicyclic) bond motifs is 1. The van der Waals surface area contributed by atoms with Crippen molar-refractivity contribution in [3.63, 3.8) is 0 Å². The highest BCUT2D eigenvalue weighted by Gasteiger charge is 2.36. The molecule has 0 unspecified atom stereocenters. The first-order valence-electron chi connectivity index (χ1n) is 12.2.